The van der Waals surface area contributed by atoms with Crippen molar-refractivity contribution in [1.82, 2.24) is 10.6 Å². The number of carbonyl (C=O) groups is 5. The molecule has 7 heteroatoms. The molecule has 0 heterocycles. The highest BCUT2D eigenvalue weighted by Gasteiger charge is 2.27. The van der Waals surface area contributed by atoms with Crippen LogP contribution in [0.25, 0.3) is 0 Å². The van der Waals surface area contributed by atoms with E-state index in [1.165, 1.54) is 0 Å². The van der Waals surface area contributed by atoms with Gasteiger partial charge in [0, 0.05) is 30.7 Å². The lowest BCUT2D eigenvalue weighted by molar-refractivity contribution is -0.134. The normalized spacial score (nSPS) is 14.4. The van der Waals surface area contributed by atoms with Crippen LogP contribution in [0.5, 0.6) is 0 Å². The number of hydrogen-bond donors (Lipinski definition) is 2. The zero-order valence-corrected chi connectivity index (χ0v) is 17.3. The molecule has 0 aromatic rings. The second kappa shape index (κ2) is 12.4. The third-order valence-electron chi connectivity index (χ3n) is 4.46. The van der Waals surface area contributed by atoms with Crippen molar-refractivity contribution in [3.63, 3.8) is 0 Å². The van der Waals surface area contributed by atoms with E-state index in [1.54, 1.807) is 20.8 Å². The van der Waals surface area contributed by atoms with Gasteiger partial charge in [-0.1, -0.05) is 34.6 Å². The van der Waals surface area contributed by atoms with Crippen molar-refractivity contribution < 1.29 is 24.0 Å². The summed E-state index contributed by atoms with van der Waals surface area (Å²) in [5.74, 6) is -1.97. The zero-order chi connectivity index (χ0) is 21.1. The number of amides is 2. The van der Waals surface area contributed by atoms with Crippen LogP contribution >= 0.6 is 0 Å². The number of ketones is 3. The van der Waals surface area contributed by atoms with Crippen molar-refractivity contribution in [2.45, 2.75) is 66.8 Å². The highest BCUT2D eigenvalue weighted by Crippen LogP contribution is 2.14. The van der Waals surface area contributed by atoms with E-state index >= 15 is 0 Å². The molecule has 0 aromatic carbocycles. The minimum Gasteiger partial charge on any atom is -0.358 e. The molecule has 0 saturated carbocycles. The molecule has 0 aliphatic heterocycles. The van der Waals surface area contributed by atoms with Gasteiger partial charge in [-0.15, -0.1) is 0 Å². The second-order valence-corrected chi connectivity index (χ2v) is 7.92. The molecular weight excluding hydrogens is 348 g/mol. The summed E-state index contributed by atoms with van der Waals surface area (Å²) < 4.78 is 0. The van der Waals surface area contributed by atoms with Gasteiger partial charge in [0.05, 0.1) is 12.5 Å². The third kappa shape index (κ3) is 10.0. The fraction of sp³-hybridized carbons (Fsp3) is 0.750. The average molecular weight is 383 g/mol. The monoisotopic (exact) mass is 382 g/mol. The molecule has 154 valence electrons. The van der Waals surface area contributed by atoms with Crippen molar-refractivity contribution in [2.75, 3.05) is 6.54 Å². The lowest BCUT2D eigenvalue weighted by atomic mass is 9.90. The summed E-state index contributed by atoms with van der Waals surface area (Å²) in [6.45, 7) is 10.8. The molecule has 0 saturated heterocycles. The van der Waals surface area contributed by atoms with E-state index in [-0.39, 0.29) is 54.5 Å². The van der Waals surface area contributed by atoms with Gasteiger partial charge >= 0.3 is 0 Å². The Bertz CT molecular complexity index is 542. The van der Waals surface area contributed by atoms with Crippen molar-refractivity contribution in [3.8, 4) is 0 Å². The molecule has 0 radical (unpaired) electrons. The maximum Gasteiger partial charge on any atom is 0.223 e. The molecule has 3 atom stereocenters. The molecule has 27 heavy (non-hydrogen) atoms. The van der Waals surface area contributed by atoms with Gasteiger partial charge in [0.1, 0.15) is 11.6 Å². The fourth-order valence-electron chi connectivity index (χ4n) is 2.68. The summed E-state index contributed by atoms with van der Waals surface area (Å²) in [6, 6.07) is -0.737. The smallest absolute Gasteiger partial charge is 0.223 e. The van der Waals surface area contributed by atoms with Crippen molar-refractivity contribution >= 4 is 29.7 Å². The van der Waals surface area contributed by atoms with Gasteiger partial charge in [-0.3, -0.25) is 24.0 Å². The first kappa shape index (κ1) is 24.9. The van der Waals surface area contributed by atoms with E-state index in [1.807, 2.05) is 20.8 Å². The fourth-order valence-corrected chi connectivity index (χ4v) is 2.68. The number of hydrogen-bond acceptors (Lipinski definition) is 5. The zero-order valence-electron chi connectivity index (χ0n) is 17.3. The largest absolute Gasteiger partial charge is 0.358 e. The highest BCUT2D eigenvalue weighted by atomic mass is 16.2. The molecule has 0 spiro atoms. The molecular formula is C20H34N2O5. The first-order valence-electron chi connectivity index (χ1n) is 9.55. The quantitative estimate of drug-likeness (QED) is 0.351. The van der Waals surface area contributed by atoms with Crippen LogP contribution in [0.2, 0.25) is 0 Å². The predicted molar refractivity (Wildman–Crippen MR) is 103 cm³/mol. The first-order chi connectivity index (χ1) is 12.5. The Kier molecular flexibility index (Phi) is 11.4. The molecule has 7 nitrogen and oxygen atoms in total. The van der Waals surface area contributed by atoms with Gasteiger partial charge in [0.25, 0.3) is 0 Å². The van der Waals surface area contributed by atoms with E-state index in [4.69, 9.17) is 0 Å². The van der Waals surface area contributed by atoms with E-state index in [0.29, 0.717) is 18.7 Å². The molecule has 0 bridgehead atoms. The van der Waals surface area contributed by atoms with Crippen LogP contribution in [0.1, 0.15) is 60.8 Å². The van der Waals surface area contributed by atoms with Crippen LogP contribution in [0.4, 0.5) is 0 Å². The second-order valence-electron chi connectivity index (χ2n) is 7.92. The van der Waals surface area contributed by atoms with Crippen LogP contribution in [-0.2, 0) is 24.0 Å². The van der Waals surface area contributed by atoms with Gasteiger partial charge in [-0.05, 0) is 19.3 Å². The number of nitrogens with one attached hydrogen (secondary N) is 2. The van der Waals surface area contributed by atoms with E-state index in [9.17, 15) is 24.0 Å². The standard InChI is InChI=1S/C20H34N2O5/c1-12(2)7-14(5)20(27)22-15(6)18(25)8-16(10-21-11-23)19(26)9-17(24)13(3)4/h11-16H,7-10H2,1-6H3,(H,21,23)(H,22,27)/t14-,15+,16+/m1/s1. The number of rotatable bonds is 14. The van der Waals surface area contributed by atoms with Gasteiger partial charge in [-0.25, -0.2) is 0 Å². The minimum atomic E-state index is -0.780. The van der Waals surface area contributed by atoms with Crippen molar-refractivity contribution in [3.05, 3.63) is 0 Å². The lowest BCUT2D eigenvalue weighted by Gasteiger charge is -2.20. The maximum absolute atomic E-state index is 12.5. The highest BCUT2D eigenvalue weighted by molar-refractivity contribution is 6.02. The molecule has 0 aromatic heterocycles. The summed E-state index contributed by atoms with van der Waals surface area (Å²) in [7, 11) is 0. The predicted octanol–water partition coefficient (Wildman–Crippen LogP) is 1.68. The Morgan fingerprint density at radius 2 is 1.48 bits per heavy atom. The minimum absolute atomic E-state index is 0.0101. The SMILES string of the molecule is CC(C)C[C@@H](C)C(=O)N[C@@H](C)C(=O)C[C@@H](CNC=O)C(=O)CC(=O)C(C)C. The van der Waals surface area contributed by atoms with Gasteiger partial charge in [-0.2, -0.15) is 0 Å². The third-order valence-corrected chi connectivity index (χ3v) is 4.46. The van der Waals surface area contributed by atoms with Crippen LogP contribution < -0.4 is 10.6 Å². The summed E-state index contributed by atoms with van der Waals surface area (Å²) in [6.07, 6.45) is 0.773. The van der Waals surface area contributed by atoms with Crippen LogP contribution in [0, 0.1) is 23.7 Å². The van der Waals surface area contributed by atoms with Crippen molar-refractivity contribution in [2.24, 2.45) is 23.7 Å². The lowest BCUT2D eigenvalue weighted by Crippen LogP contribution is -2.43. The summed E-state index contributed by atoms with van der Waals surface area (Å²) in [5, 5.41) is 5.09. The van der Waals surface area contributed by atoms with E-state index in [0.717, 1.165) is 0 Å². The topological polar surface area (TPSA) is 109 Å². The van der Waals surface area contributed by atoms with Crippen LogP contribution in [0.3, 0.4) is 0 Å². The molecule has 0 unspecified atom stereocenters. The summed E-state index contributed by atoms with van der Waals surface area (Å²) in [4.78, 5) is 59.3. The molecule has 2 N–H and O–H groups in total. The summed E-state index contributed by atoms with van der Waals surface area (Å²) >= 11 is 0. The van der Waals surface area contributed by atoms with Gasteiger partial charge < -0.3 is 10.6 Å². The Morgan fingerprint density at radius 1 is 0.889 bits per heavy atom. The molecule has 0 aliphatic carbocycles. The summed E-state index contributed by atoms with van der Waals surface area (Å²) in [5.41, 5.74) is 0. The molecule has 0 aliphatic rings. The molecule has 0 rings (SSSR count). The first-order valence-corrected chi connectivity index (χ1v) is 9.55. The Morgan fingerprint density at radius 3 is 1.96 bits per heavy atom. The van der Waals surface area contributed by atoms with E-state index < -0.39 is 12.0 Å². The van der Waals surface area contributed by atoms with Gasteiger partial charge in [0.15, 0.2) is 5.78 Å². The van der Waals surface area contributed by atoms with E-state index in [2.05, 4.69) is 10.6 Å². The maximum atomic E-state index is 12.5. The number of carbonyl (C=O) groups excluding carboxylic acids is 5. The molecule has 0 fully saturated rings. The Labute approximate surface area is 162 Å². The van der Waals surface area contributed by atoms with Crippen LogP contribution in [-0.4, -0.2) is 42.3 Å². The van der Waals surface area contributed by atoms with Gasteiger partial charge in [0.2, 0.25) is 12.3 Å². The Balaban J connectivity index is 4.86. The molecule has 2 amide bonds. The van der Waals surface area contributed by atoms with Crippen molar-refractivity contribution in [1.29, 1.82) is 0 Å². The van der Waals surface area contributed by atoms with Crippen LogP contribution in [0.15, 0.2) is 0 Å². The Hall–Kier alpha value is -2.05. The number of Topliss-reactive ketones (excluding diaryl/α,β-unsaturated/α-hetero) is 3. The average Bonchev–Trinajstić information content (AvgIpc) is 2.57.